The number of phosphoric acid groups is 2. The van der Waals surface area contributed by atoms with Crippen LogP contribution in [0.2, 0.25) is 0 Å². The number of rotatable bonds is 8. The Morgan fingerprint density at radius 2 is 2.00 bits per heavy atom. The first-order chi connectivity index (χ1) is 14.2. The minimum atomic E-state index is -5.45. The fourth-order valence-corrected chi connectivity index (χ4v) is 7.62. The molecular formula is C10H15N5O12P3Se. The molecule has 1 saturated heterocycles. The van der Waals surface area contributed by atoms with Gasteiger partial charge in [0.2, 0.25) is 0 Å². The Hall–Kier alpha value is -0.961. The SMILES string of the molecule is Nc1nc2c(ncn2[C@H]2C[C@H](O)[C@@H](CO[P@@](=O)([Se])OP(=O)(O)OP(=O)(O)O)O2)c(=O)[nH]1. The van der Waals surface area contributed by atoms with Gasteiger partial charge >= 0.3 is 179 Å². The summed E-state index contributed by atoms with van der Waals surface area (Å²) < 4.78 is 53.7. The zero-order chi connectivity index (χ0) is 23.2. The average molecular weight is 569 g/mol. The van der Waals surface area contributed by atoms with E-state index in [-0.39, 0.29) is 23.5 Å². The van der Waals surface area contributed by atoms with Gasteiger partial charge in [0.25, 0.3) is 0 Å². The van der Waals surface area contributed by atoms with Crippen LogP contribution in [0, 0.1) is 0 Å². The number of aromatic amines is 1. The van der Waals surface area contributed by atoms with Gasteiger partial charge in [0.15, 0.2) is 0 Å². The number of aliphatic hydroxyl groups is 1. The Morgan fingerprint density at radius 1 is 1.32 bits per heavy atom. The second-order valence-corrected chi connectivity index (χ2v) is 13.3. The molecule has 0 bridgehead atoms. The molecule has 3 heterocycles. The van der Waals surface area contributed by atoms with Gasteiger partial charge in [0.1, 0.15) is 0 Å². The summed E-state index contributed by atoms with van der Waals surface area (Å²) in [5.41, 5.74) is 5.02. The molecule has 0 saturated carbocycles. The molecule has 3 rings (SSSR count). The third kappa shape index (κ3) is 6.30. The molecule has 1 aliphatic rings. The van der Waals surface area contributed by atoms with E-state index in [9.17, 15) is 28.5 Å². The molecule has 31 heavy (non-hydrogen) atoms. The Morgan fingerprint density at radius 3 is 2.65 bits per heavy atom. The number of nitrogens with two attached hydrogens (primary N) is 1. The third-order valence-corrected chi connectivity index (χ3v) is 9.46. The Bertz CT molecular complexity index is 1180. The van der Waals surface area contributed by atoms with Crippen molar-refractivity contribution in [3.05, 3.63) is 16.7 Å². The van der Waals surface area contributed by atoms with E-state index in [1.807, 2.05) is 15.6 Å². The summed E-state index contributed by atoms with van der Waals surface area (Å²) in [7, 11) is -10.9. The van der Waals surface area contributed by atoms with Gasteiger partial charge in [0, 0.05) is 0 Å². The number of aromatic nitrogens is 4. The standard InChI is InChI=1S/C10H15N5O12P3Se/c11-10-13-8-7(9(17)14-10)12-3-15(8)6-1-4(16)5(25-6)2-24-30(23,31)27-29(21,22)26-28(18,19)20/h3-6,16H,1-2H2,(H,21,22)(H2,18,19,20)(H3,11,13,14,17)/t4-,5+,6+,30+/m0/s1. The zero-order valence-electron chi connectivity index (χ0n) is 14.9. The number of ether oxygens (including phenoxy) is 1. The van der Waals surface area contributed by atoms with Crippen LogP contribution in [-0.2, 0) is 31.6 Å². The number of anilines is 1. The second-order valence-electron chi connectivity index (χ2n) is 6.07. The Kier molecular flexibility index (Phi) is 6.98. The third-order valence-electron chi connectivity index (χ3n) is 3.77. The van der Waals surface area contributed by atoms with Crippen molar-refractivity contribution < 1.29 is 51.4 Å². The molecule has 0 amide bonds. The monoisotopic (exact) mass is 570 g/mol. The molecule has 21 heteroatoms. The van der Waals surface area contributed by atoms with E-state index >= 15 is 0 Å². The number of aliphatic hydroxyl groups excluding tert-OH is 1. The van der Waals surface area contributed by atoms with Gasteiger partial charge in [-0.2, -0.15) is 0 Å². The van der Waals surface area contributed by atoms with Crippen molar-refractivity contribution in [1.82, 2.24) is 19.5 Å². The van der Waals surface area contributed by atoms with E-state index in [1.165, 1.54) is 10.9 Å². The number of nitrogens with one attached hydrogen (secondary N) is 1. The van der Waals surface area contributed by atoms with E-state index < -0.39 is 52.5 Å². The molecule has 2 aromatic rings. The van der Waals surface area contributed by atoms with Crippen LogP contribution in [0.1, 0.15) is 12.6 Å². The molecular weight excluding hydrogens is 554 g/mol. The van der Waals surface area contributed by atoms with Crippen molar-refractivity contribution >= 4 is 54.6 Å². The predicted octanol–water partition coefficient (Wildman–Crippen LogP) is -1.13. The topological polar surface area (TPSA) is 259 Å². The van der Waals surface area contributed by atoms with Crippen molar-refractivity contribution in [2.75, 3.05) is 12.3 Å². The molecule has 1 fully saturated rings. The molecule has 0 aromatic carbocycles. The molecule has 173 valence electrons. The van der Waals surface area contributed by atoms with E-state index in [1.54, 1.807) is 0 Å². The fourth-order valence-electron chi connectivity index (χ4n) is 2.65. The Balaban J connectivity index is 1.67. The normalized spacial score (nSPS) is 26.0. The maximum absolute atomic E-state index is 12.2. The average Bonchev–Trinajstić information content (AvgIpc) is 3.13. The second kappa shape index (κ2) is 8.76. The quantitative estimate of drug-likeness (QED) is 0.162. The van der Waals surface area contributed by atoms with Crippen LogP contribution in [0.3, 0.4) is 0 Å². The van der Waals surface area contributed by atoms with Gasteiger partial charge in [-0.05, 0) is 0 Å². The molecule has 0 spiro atoms. The minimum absolute atomic E-state index is 0.0168. The summed E-state index contributed by atoms with van der Waals surface area (Å²) in [5.74, 6) is -0.164. The summed E-state index contributed by atoms with van der Waals surface area (Å²) in [5, 5.41) is 10.2. The molecule has 5 atom stereocenters. The summed E-state index contributed by atoms with van der Waals surface area (Å²) >= 11 is 1.84. The van der Waals surface area contributed by atoms with Crippen molar-refractivity contribution in [2.45, 2.75) is 24.9 Å². The molecule has 2 aromatic heterocycles. The predicted molar refractivity (Wildman–Crippen MR) is 100 cm³/mol. The van der Waals surface area contributed by atoms with Crippen molar-refractivity contribution in [3.8, 4) is 0 Å². The number of nitrogens with zero attached hydrogens (tertiary/aromatic N) is 3. The van der Waals surface area contributed by atoms with Crippen LogP contribution in [0.25, 0.3) is 11.2 Å². The zero-order valence-corrected chi connectivity index (χ0v) is 19.3. The number of fused-ring (bicyclic) bond motifs is 1. The molecule has 7 N–H and O–H groups in total. The van der Waals surface area contributed by atoms with E-state index in [0.717, 1.165) is 0 Å². The Labute approximate surface area is 179 Å². The van der Waals surface area contributed by atoms with Crippen LogP contribution in [0.15, 0.2) is 11.1 Å². The number of imidazole rings is 1. The molecule has 17 nitrogen and oxygen atoms in total. The van der Waals surface area contributed by atoms with Gasteiger partial charge in [-0.25, -0.2) is 0 Å². The van der Waals surface area contributed by atoms with Crippen molar-refractivity contribution in [1.29, 1.82) is 0 Å². The van der Waals surface area contributed by atoms with E-state index in [0.29, 0.717) is 0 Å². The summed E-state index contributed by atoms with van der Waals surface area (Å²) in [6, 6.07) is 0. The van der Waals surface area contributed by atoms with E-state index in [4.69, 9.17) is 24.8 Å². The van der Waals surface area contributed by atoms with Crippen LogP contribution >= 0.6 is 21.9 Å². The van der Waals surface area contributed by atoms with Crippen molar-refractivity contribution in [2.24, 2.45) is 0 Å². The number of hydrogen-bond donors (Lipinski definition) is 6. The number of nitrogen functional groups attached to an aromatic ring is 1. The van der Waals surface area contributed by atoms with Gasteiger partial charge in [0.05, 0.1) is 0 Å². The van der Waals surface area contributed by atoms with Gasteiger partial charge in [-0.3, -0.25) is 0 Å². The summed E-state index contributed by atoms with van der Waals surface area (Å²) in [4.78, 5) is 48.4. The first-order valence-electron chi connectivity index (χ1n) is 7.98. The number of H-pyrrole nitrogens is 1. The van der Waals surface area contributed by atoms with Gasteiger partial charge in [-0.15, -0.1) is 0 Å². The number of hydrogen-bond acceptors (Lipinski definition) is 12. The van der Waals surface area contributed by atoms with Gasteiger partial charge in [-0.1, -0.05) is 0 Å². The summed E-state index contributed by atoms with van der Waals surface area (Å²) in [6.45, 7) is -0.624. The molecule has 0 aliphatic carbocycles. The van der Waals surface area contributed by atoms with Crippen LogP contribution in [-0.4, -0.2) is 73.7 Å². The van der Waals surface area contributed by atoms with E-state index in [2.05, 4.69) is 23.6 Å². The van der Waals surface area contributed by atoms with Crippen LogP contribution in [0.4, 0.5) is 5.95 Å². The first kappa shape index (κ1) is 24.7. The molecule has 1 unspecified atom stereocenters. The van der Waals surface area contributed by atoms with Crippen LogP contribution < -0.4 is 11.3 Å². The van der Waals surface area contributed by atoms with Crippen molar-refractivity contribution in [3.63, 3.8) is 0 Å². The van der Waals surface area contributed by atoms with Crippen LogP contribution in [0.5, 0.6) is 0 Å². The first-order valence-corrected chi connectivity index (χ1v) is 14.8. The molecule has 1 radical (unpaired) electrons. The summed E-state index contributed by atoms with van der Waals surface area (Å²) in [6.07, 6.45) is -6.44. The van der Waals surface area contributed by atoms with Gasteiger partial charge < -0.3 is 0 Å². The fraction of sp³-hybridized carbons (Fsp3) is 0.500. The maximum atomic E-state index is 12.2. The molecule has 1 aliphatic heterocycles.